The molecular weight excluding hydrogens is 228 g/mol. The number of rotatable bonds is 4. The highest BCUT2D eigenvalue weighted by Gasteiger charge is 2.22. The minimum atomic E-state index is -0.477. The quantitative estimate of drug-likeness (QED) is 0.626. The van der Waals surface area contributed by atoms with E-state index in [0.717, 1.165) is 0 Å². The van der Waals surface area contributed by atoms with Crippen molar-refractivity contribution in [3.8, 4) is 5.75 Å². The Morgan fingerprint density at radius 3 is 2.71 bits per heavy atom. The number of benzene rings is 1. The van der Waals surface area contributed by atoms with Gasteiger partial charge in [0.05, 0.1) is 4.92 Å². The molecule has 2 rings (SSSR count). The zero-order valence-corrected chi connectivity index (χ0v) is 8.79. The van der Waals surface area contributed by atoms with Gasteiger partial charge < -0.3 is 14.8 Å². The third kappa shape index (κ3) is 2.83. The van der Waals surface area contributed by atoms with Crippen molar-refractivity contribution in [3.63, 3.8) is 0 Å². The van der Waals surface area contributed by atoms with E-state index in [2.05, 4.69) is 10.1 Å². The molecule has 0 radical (unpaired) electrons. The lowest BCUT2D eigenvalue weighted by molar-refractivity contribution is -0.384. The first kappa shape index (κ1) is 11.2. The van der Waals surface area contributed by atoms with Gasteiger partial charge in [-0.05, 0) is 12.1 Å². The van der Waals surface area contributed by atoms with Crippen LogP contribution in [-0.4, -0.2) is 30.3 Å². The Hall–Kier alpha value is -2.31. The highest BCUT2D eigenvalue weighted by atomic mass is 16.6. The van der Waals surface area contributed by atoms with Gasteiger partial charge in [0.15, 0.2) is 0 Å². The van der Waals surface area contributed by atoms with E-state index >= 15 is 0 Å². The first-order chi connectivity index (χ1) is 8.15. The van der Waals surface area contributed by atoms with Crippen LogP contribution in [0.3, 0.4) is 0 Å². The van der Waals surface area contributed by atoms with Gasteiger partial charge >= 0.3 is 6.09 Å². The number of cyclic esters (lactones) is 1. The summed E-state index contributed by atoms with van der Waals surface area (Å²) in [5, 5.41) is 13.0. The van der Waals surface area contributed by atoms with E-state index in [1.54, 1.807) is 0 Å². The molecule has 0 bridgehead atoms. The molecule has 1 atom stereocenters. The molecule has 1 unspecified atom stereocenters. The van der Waals surface area contributed by atoms with E-state index in [0.29, 0.717) is 5.75 Å². The maximum absolute atomic E-state index is 10.7. The highest BCUT2D eigenvalue weighted by Crippen LogP contribution is 2.17. The summed E-state index contributed by atoms with van der Waals surface area (Å²) >= 11 is 0. The third-order valence-electron chi connectivity index (χ3n) is 2.24. The normalized spacial score (nSPS) is 18.4. The van der Waals surface area contributed by atoms with E-state index in [-0.39, 0.29) is 24.9 Å². The molecule has 1 amide bonds. The largest absolute Gasteiger partial charge is 0.491 e. The molecule has 0 aromatic heterocycles. The van der Waals surface area contributed by atoms with Gasteiger partial charge in [-0.25, -0.2) is 4.79 Å². The Morgan fingerprint density at radius 2 is 2.18 bits per heavy atom. The number of alkyl carbamates (subject to hydrolysis) is 1. The Kier molecular flexibility index (Phi) is 3.08. The number of nitrogens with zero attached hydrogens (tertiary/aromatic N) is 1. The summed E-state index contributed by atoms with van der Waals surface area (Å²) in [7, 11) is 0. The summed E-state index contributed by atoms with van der Waals surface area (Å²) in [4.78, 5) is 20.7. The van der Waals surface area contributed by atoms with Crippen molar-refractivity contribution in [2.45, 2.75) is 6.04 Å². The molecule has 1 N–H and O–H groups in total. The van der Waals surface area contributed by atoms with Crippen LogP contribution in [0.4, 0.5) is 10.5 Å². The second-order valence-electron chi connectivity index (χ2n) is 3.50. The van der Waals surface area contributed by atoms with E-state index < -0.39 is 11.0 Å². The number of hydrogen-bond acceptors (Lipinski definition) is 5. The lowest BCUT2D eigenvalue weighted by atomic mass is 10.3. The number of carbonyl (C=O) groups excluding carboxylic acids is 1. The molecule has 7 heteroatoms. The Labute approximate surface area is 96.5 Å². The van der Waals surface area contributed by atoms with Gasteiger partial charge in [-0.3, -0.25) is 10.1 Å². The topological polar surface area (TPSA) is 90.7 Å². The van der Waals surface area contributed by atoms with Crippen LogP contribution < -0.4 is 10.1 Å². The van der Waals surface area contributed by atoms with Gasteiger partial charge in [0.1, 0.15) is 25.0 Å². The summed E-state index contributed by atoms with van der Waals surface area (Å²) in [6, 6.07) is 5.56. The van der Waals surface area contributed by atoms with Gasteiger partial charge in [-0.2, -0.15) is 0 Å². The van der Waals surface area contributed by atoms with Crippen molar-refractivity contribution in [3.05, 3.63) is 34.4 Å². The number of carbonyl (C=O) groups is 1. The van der Waals surface area contributed by atoms with Crippen LogP contribution in [0.2, 0.25) is 0 Å². The maximum Gasteiger partial charge on any atom is 0.407 e. The molecule has 1 aliphatic rings. The second-order valence-corrected chi connectivity index (χ2v) is 3.50. The number of nitro groups is 1. The first-order valence-electron chi connectivity index (χ1n) is 4.96. The lowest BCUT2D eigenvalue weighted by Crippen LogP contribution is -2.32. The van der Waals surface area contributed by atoms with Gasteiger partial charge in [-0.15, -0.1) is 0 Å². The summed E-state index contributed by atoms with van der Waals surface area (Å²) in [6.45, 7) is 0.537. The summed E-state index contributed by atoms with van der Waals surface area (Å²) < 4.78 is 10.0. The van der Waals surface area contributed by atoms with E-state index in [1.165, 1.54) is 24.3 Å². The van der Waals surface area contributed by atoms with Crippen LogP contribution in [0.5, 0.6) is 5.75 Å². The fourth-order valence-corrected chi connectivity index (χ4v) is 1.38. The Bertz CT molecular complexity index is 431. The molecule has 90 valence electrons. The second kappa shape index (κ2) is 4.69. The molecule has 17 heavy (non-hydrogen) atoms. The van der Waals surface area contributed by atoms with Gasteiger partial charge in [0, 0.05) is 12.1 Å². The van der Waals surface area contributed by atoms with Crippen LogP contribution in [-0.2, 0) is 4.74 Å². The van der Waals surface area contributed by atoms with Crippen molar-refractivity contribution in [2.24, 2.45) is 0 Å². The van der Waals surface area contributed by atoms with Crippen LogP contribution in [0, 0.1) is 10.1 Å². The van der Waals surface area contributed by atoms with Crippen LogP contribution in [0.1, 0.15) is 0 Å². The van der Waals surface area contributed by atoms with Crippen molar-refractivity contribution < 1.29 is 19.2 Å². The van der Waals surface area contributed by atoms with Crippen molar-refractivity contribution >= 4 is 11.8 Å². The standard InChI is InChI=1S/C10H10N2O5/c13-10-11-7(6-17-10)5-16-9-3-1-8(2-4-9)12(14)15/h1-4,7H,5-6H2,(H,11,13). The molecule has 0 aliphatic carbocycles. The third-order valence-corrected chi connectivity index (χ3v) is 2.24. The molecule has 1 aromatic carbocycles. The molecule has 1 heterocycles. The van der Waals surface area contributed by atoms with Crippen molar-refractivity contribution in [1.82, 2.24) is 5.32 Å². The minimum Gasteiger partial charge on any atom is -0.491 e. The minimum absolute atomic E-state index is 0.00912. The highest BCUT2D eigenvalue weighted by molar-refractivity contribution is 5.69. The molecule has 1 saturated heterocycles. The smallest absolute Gasteiger partial charge is 0.407 e. The number of ether oxygens (including phenoxy) is 2. The summed E-state index contributed by atoms with van der Waals surface area (Å²) in [5.74, 6) is 0.511. The predicted molar refractivity (Wildman–Crippen MR) is 56.9 cm³/mol. The van der Waals surface area contributed by atoms with Crippen molar-refractivity contribution in [1.29, 1.82) is 0 Å². The molecule has 0 spiro atoms. The fraction of sp³-hybridized carbons (Fsp3) is 0.300. The van der Waals surface area contributed by atoms with Crippen molar-refractivity contribution in [2.75, 3.05) is 13.2 Å². The van der Waals surface area contributed by atoms with Crippen LogP contribution in [0.25, 0.3) is 0 Å². The summed E-state index contributed by atoms with van der Waals surface area (Å²) in [5.41, 5.74) is 0.00912. The van der Waals surface area contributed by atoms with E-state index in [9.17, 15) is 14.9 Å². The van der Waals surface area contributed by atoms with Crippen LogP contribution >= 0.6 is 0 Å². The number of nitrogens with one attached hydrogen (secondary N) is 1. The average Bonchev–Trinajstić information content (AvgIpc) is 2.73. The number of hydrogen-bond donors (Lipinski definition) is 1. The Morgan fingerprint density at radius 1 is 1.47 bits per heavy atom. The zero-order chi connectivity index (χ0) is 12.3. The average molecular weight is 238 g/mol. The molecule has 1 fully saturated rings. The Balaban J connectivity index is 1.87. The first-order valence-corrected chi connectivity index (χ1v) is 4.96. The zero-order valence-electron chi connectivity index (χ0n) is 8.79. The van der Waals surface area contributed by atoms with E-state index in [4.69, 9.17) is 4.74 Å². The number of nitro benzene ring substituents is 1. The van der Waals surface area contributed by atoms with Gasteiger partial charge in [0.2, 0.25) is 0 Å². The molecular formula is C10H10N2O5. The fourth-order valence-electron chi connectivity index (χ4n) is 1.38. The molecule has 1 aliphatic heterocycles. The SMILES string of the molecule is O=C1NC(COc2ccc([N+](=O)[O-])cc2)CO1. The van der Waals surface area contributed by atoms with Gasteiger partial charge in [-0.1, -0.05) is 0 Å². The van der Waals surface area contributed by atoms with Crippen LogP contribution in [0.15, 0.2) is 24.3 Å². The molecule has 7 nitrogen and oxygen atoms in total. The lowest BCUT2D eigenvalue weighted by Gasteiger charge is -2.09. The monoisotopic (exact) mass is 238 g/mol. The number of amides is 1. The van der Waals surface area contributed by atoms with E-state index in [1.807, 2.05) is 0 Å². The predicted octanol–water partition coefficient (Wildman–Crippen LogP) is 1.08. The van der Waals surface area contributed by atoms with Gasteiger partial charge in [0.25, 0.3) is 5.69 Å². The molecule has 1 aromatic rings. The number of non-ortho nitro benzene ring substituents is 1. The summed E-state index contributed by atoms with van der Waals surface area (Å²) in [6.07, 6.45) is -0.456. The molecule has 0 saturated carbocycles. The maximum atomic E-state index is 10.7.